The standard InChI is InChI=1S/C68H113ClF3N11/c1-15-49(7)65-41-77-63(37-46(2)3)52(10)76-42-66-50(8)43-83(66)67(57-19-16-17-20-57)53(11)79-64(47(4)5)40-74-33-32-73-31-30-58(28-26-56-27-29-61(62(69)39-56)68(70,71)72)75-34-36-80(13)44-60(38-55-24-22-48(6)23-25-55)81(14)45-59-21-18-35-82(59)54(12)51(9)78-65/h22-25,27,29,34,36,39,44-47,49-54,57,63-67,73-74,76-79H,15-21,26,28,30-33,35,37-38,40-43H2,1-14H3/t49-,50+,51?,52?,53?,54-,63-,64+,65+,66?,67+/m0/s1. The van der Waals surface area contributed by atoms with Crippen molar-refractivity contribution in [3.63, 3.8) is 0 Å². The largest absolute Gasteiger partial charge is 0.417 e. The maximum atomic E-state index is 13.6. The van der Waals surface area contributed by atoms with Crippen molar-refractivity contribution in [2.24, 2.45) is 34.6 Å². The van der Waals surface area contributed by atoms with Gasteiger partial charge in [-0.25, -0.2) is 0 Å². The van der Waals surface area contributed by atoms with Crippen LogP contribution in [0.15, 0.2) is 83.7 Å². The fraction of sp³-hybridized carbons (Fsp3) is 0.721. The van der Waals surface area contributed by atoms with E-state index in [0.717, 1.165) is 108 Å². The van der Waals surface area contributed by atoms with Gasteiger partial charge >= 0.3 is 6.18 Å². The lowest BCUT2D eigenvalue weighted by Gasteiger charge is -2.55. The number of halogens is 4. The Morgan fingerprint density at radius 2 is 1.46 bits per heavy atom. The Balaban J connectivity index is 1.28. The Hall–Kier alpha value is -3.47. The molecule has 15 heteroatoms. The van der Waals surface area contributed by atoms with E-state index in [9.17, 15) is 13.2 Å². The van der Waals surface area contributed by atoms with E-state index in [0.29, 0.717) is 97.2 Å². The molecule has 6 rings (SSSR count). The zero-order valence-corrected chi connectivity index (χ0v) is 54.6. The Kier molecular flexibility index (Phi) is 27.8. The van der Waals surface area contributed by atoms with Crippen LogP contribution < -0.4 is 31.9 Å². The third kappa shape index (κ3) is 21.1. The number of fused-ring (bicyclic) bond motifs is 2. The second kappa shape index (κ2) is 33.6. The first kappa shape index (κ1) is 68.6. The molecule has 0 amide bonds. The van der Waals surface area contributed by atoms with E-state index in [1.54, 1.807) is 0 Å². The molecule has 2 saturated heterocycles. The molecule has 83 heavy (non-hydrogen) atoms. The zero-order valence-electron chi connectivity index (χ0n) is 53.8. The number of nitrogens with one attached hydrogen (secondary N) is 6. The predicted octanol–water partition coefficient (Wildman–Crippen LogP) is 12.6. The monoisotopic (exact) mass is 1180 g/mol. The van der Waals surface area contributed by atoms with Crippen molar-refractivity contribution in [1.82, 2.24) is 51.5 Å². The van der Waals surface area contributed by atoms with Gasteiger partial charge in [0.1, 0.15) is 0 Å². The molecule has 3 heterocycles. The zero-order chi connectivity index (χ0) is 60.4. The minimum atomic E-state index is -4.50. The molecule has 0 spiro atoms. The van der Waals surface area contributed by atoms with Crippen LogP contribution >= 0.6 is 11.6 Å². The highest BCUT2D eigenvalue weighted by Crippen LogP contribution is 2.39. The summed E-state index contributed by atoms with van der Waals surface area (Å²) in [5.74, 6) is 2.93. The summed E-state index contributed by atoms with van der Waals surface area (Å²) < 4.78 is 40.9. The fourth-order valence-corrected chi connectivity index (χ4v) is 13.7. The highest BCUT2D eigenvalue weighted by atomic mass is 35.5. The molecule has 0 bridgehead atoms. The summed E-state index contributed by atoms with van der Waals surface area (Å²) in [5.41, 5.74) is 5.90. The summed E-state index contributed by atoms with van der Waals surface area (Å²) in [6, 6.07) is 16.2. The van der Waals surface area contributed by atoms with Gasteiger partial charge in [-0.3, -0.25) is 9.89 Å². The van der Waals surface area contributed by atoms with E-state index < -0.39 is 11.7 Å². The van der Waals surface area contributed by atoms with E-state index >= 15 is 0 Å². The maximum absolute atomic E-state index is 13.6. The Labute approximate surface area is 507 Å². The van der Waals surface area contributed by atoms with Crippen LogP contribution in [0.4, 0.5) is 13.2 Å². The van der Waals surface area contributed by atoms with Gasteiger partial charge in [0.2, 0.25) is 0 Å². The molecule has 2 aromatic carbocycles. The first-order valence-corrected chi connectivity index (χ1v) is 32.8. The van der Waals surface area contributed by atoms with Crippen LogP contribution in [-0.4, -0.2) is 146 Å². The first-order valence-electron chi connectivity index (χ1n) is 32.4. The first-order chi connectivity index (χ1) is 39.5. The van der Waals surface area contributed by atoms with E-state index in [1.807, 2.05) is 19.4 Å². The minimum absolute atomic E-state index is 0.264. The summed E-state index contributed by atoms with van der Waals surface area (Å²) in [4.78, 5) is 15.0. The van der Waals surface area contributed by atoms with Gasteiger partial charge in [0.15, 0.2) is 0 Å². The Morgan fingerprint density at radius 1 is 0.759 bits per heavy atom. The molecule has 4 unspecified atom stereocenters. The van der Waals surface area contributed by atoms with Crippen LogP contribution in [0.3, 0.4) is 0 Å². The number of hydrogen-bond donors (Lipinski definition) is 6. The van der Waals surface area contributed by atoms with E-state index in [-0.39, 0.29) is 11.1 Å². The van der Waals surface area contributed by atoms with Crippen molar-refractivity contribution in [2.75, 3.05) is 66.5 Å². The summed E-state index contributed by atoms with van der Waals surface area (Å²) >= 11 is 6.19. The van der Waals surface area contributed by atoms with Gasteiger partial charge in [0.25, 0.3) is 0 Å². The van der Waals surface area contributed by atoms with Gasteiger partial charge in [0, 0.05) is 169 Å². The van der Waals surface area contributed by atoms with Crippen molar-refractivity contribution >= 4 is 17.3 Å². The molecule has 11 nitrogen and oxygen atoms in total. The topological polar surface area (TPSA) is 97.5 Å². The lowest BCUT2D eigenvalue weighted by atomic mass is 9.81. The Bertz CT molecular complexity index is 2350. The third-order valence-electron chi connectivity index (χ3n) is 19.1. The quantitative estimate of drug-likeness (QED) is 0.131. The third-order valence-corrected chi connectivity index (χ3v) is 19.4. The molecular weight excluding hydrogens is 1060 g/mol. The molecule has 2 aromatic rings. The number of allylic oxidation sites excluding steroid dienone is 2. The minimum Gasteiger partial charge on any atom is -0.369 e. The number of aryl methyl sites for hydroxylation is 2. The van der Waals surface area contributed by atoms with Gasteiger partial charge in [0.05, 0.1) is 10.6 Å². The van der Waals surface area contributed by atoms with Gasteiger partial charge < -0.3 is 46.6 Å². The summed E-state index contributed by atoms with van der Waals surface area (Å²) in [5, 5.41) is 24.0. The highest BCUT2D eigenvalue weighted by Gasteiger charge is 2.46. The van der Waals surface area contributed by atoms with Crippen LogP contribution in [0.25, 0.3) is 0 Å². The average Bonchev–Trinajstić information content (AvgIpc) is 3.56. The molecule has 6 N–H and O–H groups in total. The summed E-state index contributed by atoms with van der Waals surface area (Å²) in [6.07, 6.45) is 16.2. The van der Waals surface area contributed by atoms with Crippen molar-refractivity contribution in [1.29, 1.82) is 0 Å². The number of likely N-dealkylation sites (N-methyl/N-ethyl adjacent to an activating group) is 1. The molecule has 0 radical (unpaired) electrons. The number of rotatable bonds is 11. The second-order valence-electron chi connectivity index (χ2n) is 26.6. The summed E-state index contributed by atoms with van der Waals surface area (Å²) in [7, 11) is 4.23. The predicted molar refractivity (Wildman–Crippen MR) is 345 cm³/mol. The van der Waals surface area contributed by atoms with Gasteiger partial charge in [-0.1, -0.05) is 115 Å². The van der Waals surface area contributed by atoms with E-state index in [2.05, 4.69) is 178 Å². The van der Waals surface area contributed by atoms with Crippen molar-refractivity contribution < 1.29 is 13.2 Å². The molecule has 1 aliphatic carbocycles. The fourth-order valence-electron chi connectivity index (χ4n) is 13.4. The van der Waals surface area contributed by atoms with Crippen molar-refractivity contribution in [3.05, 3.63) is 106 Å². The lowest BCUT2D eigenvalue weighted by Crippen LogP contribution is -2.69. The van der Waals surface area contributed by atoms with Crippen LogP contribution in [0, 0.1) is 36.5 Å². The molecule has 0 aromatic heterocycles. The van der Waals surface area contributed by atoms with Crippen LogP contribution in [0.2, 0.25) is 5.02 Å². The van der Waals surface area contributed by atoms with Gasteiger partial charge in [-0.15, -0.1) is 0 Å². The van der Waals surface area contributed by atoms with Crippen LogP contribution in [-0.2, 0) is 19.0 Å². The number of nitrogens with zero attached hydrogens (tertiary/aromatic N) is 5. The molecule has 468 valence electrons. The molecule has 1 saturated carbocycles. The molecular formula is C68H113ClF3N11. The molecule has 11 atom stereocenters. The molecule has 3 aliphatic heterocycles. The van der Waals surface area contributed by atoms with Crippen LogP contribution in [0.1, 0.15) is 163 Å². The molecule has 4 aliphatic rings. The highest BCUT2D eigenvalue weighted by molar-refractivity contribution is 6.31. The normalized spacial score (nSPS) is 29.0. The smallest absolute Gasteiger partial charge is 0.369 e. The van der Waals surface area contributed by atoms with E-state index in [1.165, 1.54) is 54.6 Å². The van der Waals surface area contributed by atoms with Gasteiger partial charge in [-0.05, 0) is 139 Å². The second-order valence-corrected chi connectivity index (χ2v) is 27.0. The number of hydrogen-bond acceptors (Lipinski definition) is 11. The number of aliphatic imine (C=N–C) groups is 1. The van der Waals surface area contributed by atoms with Crippen LogP contribution in [0.5, 0.6) is 0 Å². The maximum Gasteiger partial charge on any atom is 0.417 e. The number of alkyl halides is 3. The molecule has 3 fully saturated rings. The lowest BCUT2D eigenvalue weighted by molar-refractivity contribution is -0.137. The van der Waals surface area contributed by atoms with E-state index in [4.69, 9.17) is 16.6 Å². The van der Waals surface area contributed by atoms with Crippen molar-refractivity contribution in [2.45, 2.75) is 221 Å². The number of benzene rings is 2. The summed E-state index contributed by atoms with van der Waals surface area (Å²) in [6.45, 7) is 35.9. The SMILES string of the molecule is CC[C@H](C)[C@H]1CN[C@@H](CC(C)C)C(C)NCC2[C@H](C)CN2[C@@H](C2CCCC2)C(C)N[C@@H](C(C)C)CNCCNCCC(CCc2ccc(C(F)(F)F)c(Cl)c2)=NC=CN(C)C=C(Cc2ccc(C)cc2)N(C)C=C2CCCN2[C@@H](C)C(C)N1. The van der Waals surface area contributed by atoms with Crippen molar-refractivity contribution in [3.8, 4) is 0 Å². The van der Waals surface area contributed by atoms with Gasteiger partial charge in [-0.2, -0.15) is 13.2 Å². The Morgan fingerprint density at radius 3 is 2.12 bits per heavy atom. The average molecular weight is 1180 g/mol.